The first kappa shape index (κ1) is 9.70. The van der Waals surface area contributed by atoms with Gasteiger partial charge in [0.1, 0.15) is 5.21 Å². The molecule has 0 spiro atoms. The van der Waals surface area contributed by atoms with E-state index in [1.807, 2.05) is 0 Å². The second-order valence-electron chi connectivity index (χ2n) is 1.91. The molecule has 0 aliphatic rings. The summed E-state index contributed by atoms with van der Waals surface area (Å²) in [6, 6.07) is 0. The van der Waals surface area contributed by atoms with Crippen LogP contribution in [0.15, 0.2) is 17.6 Å². The first-order chi connectivity index (χ1) is 5.56. The van der Waals surface area contributed by atoms with Crippen molar-refractivity contribution >= 4 is 33.0 Å². The van der Waals surface area contributed by atoms with Gasteiger partial charge in [0.2, 0.25) is 15.0 Å². The molecule has 0 aliphatic heterocycles. The average Bonchev–Trinajstić information content (AvgIpc) is 2.05. The molecule has 0 N–H and O–H groups in total. The van der Waals surface area contributed by atoms with Gasteiger partial charge in [-0.2, -0.15) is 0 Å². The molecular formula is C5H4Cl2N2O2S. The monoisotopic (exact) mass is 226 g/mol. The fraction of sp³-hybridized carbons (Fsp3) is 0.200. The fourth-order valence-electron chi connectivity index (χ4n) is 0.510. The molecule has 1 aromatic heterocycles. The van der Waals surface area contributed by atoms with Gasteiger partial charge in [-0.15, -0.1) is 11.6 Å². The van der Waals surface area contributed by atoms with Crippen molar-refractivity contribution in [3.8, 4) is 0 Å². The van der Waals surface area contributed by atoms with Crippen molar-refractivity contribution in [1.29, 1.82) is 0 Å². The Bertz CT molecular complexity index is 362. The summed E-state index contributed by atoms with van der Waals surface area (Å²) >= 11 is 10.6. The summed E-state index contributed by atoms with van der Waals surface area (Å²) in [5.41, 5.74) is 0. The highest BCUT2D eigenvalue weighted by atomic mass is 35.5. The summed E-state index contributed by atoms with van der Waals surface area (Å²) in [5.74, 6) is 0. The number of hydrogen-bond donors (Lipinski definition) is 0. The van der Waals surface area contributed by atoms with Gasteiger partial charge in [0, 0.05) is 0 Å². The van der Waals surface area contributed by atoms with Crippen LogP contribution < -0.4 is 0 Å². The minimum atomic E-state index is -3.53. The molecule has 12 heavy (non-hydrogen) atoms. The van der Waals surface area contributed by atoms with E-state index in [1.54, 1.807) is 0 Å². The maximum absolute atomic E-state index is 11.0. The van der Waals surface area contributed by atoms with Crippen LogP contribution in [0, 0.1) is 0 Å². The highest BCUT2D eigenvalue weighted by Gasteiger charge is 2.15. The Morgan fingerprint density at radius 2 is 1.83 bits per heavy atom. The van der Waals surface area contributed by atoms with Crippen LogP contribution in [0.3, 0.4) is 0 Å². The summed E-state index contributed by atoms with van der Waals surface area (Å²) in [6.07, 6.45) is 2.40. The van der Waals surface area contributed by atoms with E-state index in [0.29, 0.717) is 0 Å². The van der Waals surface area contributed by atoms with Crippen molar-refractivity contribution in [1.82, 2.24) is 9.97 Å². The second kappa shape index (κ2) is 3.55. The maximum atomic E-state index is 11.0. The van der Waals surface area contributed by atoms with Gasteiger partial charge >= 0.3 is 0 Å². The average molecular weight is 227 g/mol. The Morgan fingerprint density at radius 3 is 2.25 bits per heavy atom. The van der Waals surface area contributed by atoms with Crippen molar-refractivity contribution in [2.24, 2.45) is 0 Å². The van der Waals surface area contributed by atoms with E-state index in [9.17, 15) is 8.42 Å². The first-order valence-electron chi connectivity index (χ1n) is 2.82. The van der Waals surface area contributed by atoms with Gasteiger partial charge in [-0.3, -0.25) is 0 Å². The summed E-state index contributed by atoms with van der Waals surface area (Å²) in [7, 11) is -3.53. The third-order valence-corrected chi connectivity index (χ3v) is 3.13. The van der Waals surface area contributed by atoms with Crippen LogP contribution in [0.1, 0.15) is 0 Å². The molecule has 0 radical (unpaired) electrons. The Balaban J connectivity index is 3.14. The first-order valence-corrected chi connectivity index (χ1v) is 5.39. The van der Waals surface area contributed by atoms with Crippen molar-refractivity contribution in [3.63, 3.8) is 0 Å². The van der Waals surface area contributed by atoms with Gasteiger partial charge in [-0.25, -0.2) is 18.4 Å². The SMILES string of the molecule is O=S(=O)(CCl)c1ncc(Cl)cn1. The number of hydrogen-bond acceptors (Lipinski definition) is 4. The van der Waals surface area contributed by atoms with Crippen LogP contribution >= 0.6 is 23.2 Å². The van der Waals surface area contributed by atoms with Crippen molar-refractivity contribution in [2.75, 3.05) is 5.21 Å². The van der Waals surface area contributed by atoms with E-state index in [-0.39, 0.29) is 10.2 Å². The molecule has 0 saturated carbocycles. The Hall–Kier alpha value is -0.390. The Morgan fingerprint density at radius 1 is 1.33 bits per heavy atom. The smallest absolute Gasteiger partial charge is 0.225 e. The van der Waals surface area contributed by atoms with Gasteiger partial charge < -0.3 is 0 Å². The molecule has 0 amide bonds. The molecule has 1 rings (SSSR count). The number of sulfone groups is 1. The number of alkyl halides is 1. The zero-order valence-corrected chi connectivity index (χ0v) is 8.07. The van der Waals surface area contributed by atoms with Crippen molar-refractivity contribution in [3.05, 3.63) is 17.4 Å². The normalized spacial score (nSPS) is 11.5. The van der Waals surface area contributed by atoms with Crippen LogP contribution in [0.25, 0.3) is 0 Å². The van der Waals surface area contributed by atoms with Crippen LogP contribution in [-0.4, -0.2) is 23.6 Å². The van der Waals surface area contributed by atoms with E-state index in [4.69, 9.17) is 23.2 Å². The van der Waals surface area contributed by atoms with Crippen LogP contribution in [0.2, 0.25) is 5.02 Å². The van der Waals surface area contributed by atoms with E-state index in [0.717, 1.165) is 0 Å². The van der Waals surface area contributed by atoms with Gasteiger partial charge in [-0.05, 0) is 0 Å². The number of nitrogens with zero attached hydrogens (tertiary/aromatic N) is 2. The predicted molar refractivity (Wildman–Crippen MR) is 44.9 cm³/mol. The van der Waals surface area contributed by atoms with Gasteiger partial charge in [0.25, 0.3) is 0 Å². The lowest BCUT2D eigenvalue weighted by Crippen LogP contribution is -2.06. The van der Waals surface area contributed by atoms with E-state index in [1.165, 1.54) is 12.4 Å². The standard InChI is InChI=1S/C5H4Cl2N2O2S/c6-3-12(10,11)5-8-1-4(7)2-9-5/h1-2H,3H2. The van der Waals surface area contributed by atoms with Crippen molar-refractivity contribution < 1.29 is 8.42 Å². The van der Waals surface area contributed by atoms with Gasteiger partial charge in [-0.1, -0.05) is 11.6 Å². The molecule has 7 heteroatoms. The molecule has 1 heterocycles. The molecular weight excluding hydrogens is 223 g/mol. The zero-order chi connectivity index (χ0) is 9.19. The summed E-state index contributed by atoms with van der Waals surface area (Å²) in [5, 5.41) is -0.556. The molecule has 1 aromatic rings. The molecule has 0 bridgehead atoms. The minimum Gasteiger partial charge on any atom is -0.225 e. The lowest BCUT2D eigenvalue weighted by Gasteiger charge is -1.96. The van der Waals surface area contributed by atoms with E-state index in [2.05, 4.69) is 9.97 Å². The molecule has 0 aliphatic carbocycles. The molecule has 66 valence electrons. The van der Waals surface area contributed by atoms with E-state index >= 15 is 0 Å². The van der Waals surface area contributed by atoms with E-state index < -0.39 is 15.0 Å². The Labute approximate surface area is 79.5 Å². The summed E-state index contributed by atoms with van der Waals surface area (Å²) < 4.78 is 22.0. The zero-order valence-electron chi connectivity index (χ0n) is 5.74. The third-order valence-electron chi connectivity index (χ3n) is 1.02. The largest absolute Gasteiger partial charge is 0.248 e. The highest BCUT2D eigenvalue weighted by Crippen LogP contribution is 2.08. The van der Waals surface area contributed by atoms with Gasteiger partial charge in [0.05, 0.1) is 17.4 Å². The number of aromatic nitrogens is 2. The van der Waals surface area contributed by atoms with Crippen molar-refractivity contribution in [2.45, 2.75) is 5.16 Å². The van der Waals surface area contributed by atoms with Crippen LogP contribution in [0.5, 0.6) is 0 Å². The third kappa shape index (κ3) is 2.06. The molecule has 0 atom stereocenters. The Kier molecular flexibility index (Phi) is 2.87. The fourth-order valence-corrected chi connectivity index (χ4v) is 1.42. The van der Waals surface area contributed by atoms with Crippen LogP contribution in [0.4, 0.5) is 0 Å². The molecule has 4 nitrogen and oxygen atoms in total. The molecule has 0 aromatic carbocycles. The number of rotatable bonds is 2. The predicted octanol–water partition coefficient (Wildman–Crippen LogP) is 1.10. The maximum Gasteiger partial charge on any atom is 0.248 e. The molecule has 0 saturated heterocycles. The quantitative estimate of drug-likeness (QED) is 0.560. The lowest BCUT2D eigenvalue weighted by atomic mass is 10.7. The number of halogens is 2. The summed E-state index contributed by atoms with van der Waals surface area (Å²) in [6.45, 7) is 0. The minimum absolute atomic E-state index is 0.281. The molecule has 0 unspecified atom stereocenters. The van der Waals surface area contributed by atoms with Crippen LogP contribution in [-0.2, 0) is 9.84 Å². The lowest BCUT2D eigenvalue weighted by molar-refractivity contribution is 0.591. The highest BCUT2D eigenvalue weighted by molar-refractivity contribution is 7.92. The second-order valence-corrected chi connectivity index (χ2v) is 4.81. The topological polar surface area (TPSA) is 59.9 Å². The summed E-state index contributed by atoms with van der Waals surface area (Å²) in [4.78, 5) is 7.01. The van der Waals surface area contributed by atoms with Gasteiger partial charge in [0.15, 0.2) is 0 Å². The molecule has 0 fully saturated rings.